The van der Waals surface area contributed by atoms with Gasteiger partial charge in [0, 0.05) is 6.04 Å². The minimum Gasteiger partial charge on any atom is -0.328 e. The lowest BCUT2D eigenvalue weighted by Gasteiger charge is -2.33. The number of piperidine rings is 2. The summed E-state index contributed by atoms with van der Waals surface area (Å²) in [6.07, 6.45) is 6.62. The molecular weight excluding hydrogens is 198 g/mol. The molecule has 2 saturated heterocycles. The Bertz CT molecular complexity index is 169. The van der Waals surface area contributed by atoms with Crippen LogP contribution >= 0.6 is 0 Å². The topological polar surface area (TPSA) is 32.5 Å². The monoisotopic (exact) mass is 225 g/mol. The predicted octanol–water partition coefficient (Wildman–Crippen LogP) is 1.14. The summed E-state index contributed by atoms with van der Waals surface area (Å²) in [5, 5.41) is 0. The highest BCUT2D eigenvalue weighted by Gasteiger charge is 2.19. The first-order valence-electron chi connectivity index (χ1n) is 6.90. The number of rotatable bonds is 3. The van der Waals surface area contributed by atoms with Crippen LogP contribution in [0.1, 0.15) is 32.1 Å². The lowest BCUT2D eigenvalue weighted by Crippen LogP contribution is -2.41. The molecule has 2 N–H and O–H groups in total. The molecule has 16 heavy (non-hydrogen) atoms. The molecule has 0 aromatic heterocycles. The van der Waals surface area contributed by atoms with Crippen molar-refractivity contribution in [3.05, 3.63) is 0 Å². The summed E-state index contributed by atoms with van der Waals surface area (Å²) in [6, 6.07) is 0.472. The molecule has 3 nitrogen and oxygen atoms in total. The molecule has 0 spiro atoms. The van der Waals surface area contributed by atoms with Crippen LogP contribution in [0.4, 0.5) is 0 Å². The van der Waals surface area contributed by atoms with Crippen LogP contribution in [-0.2, 0) is 0 Å². The Morgan fingerprint density at radius 1 is 1.00 bits per heavy atom. The molecule has 0 radical (unpaired) electrons. The van der Waals surface area contributed by atoms with Crippen LogP contribution < -0.4 is 5.73 Å². The summed E-state index contributed by atoms with van der Waals surface area (Å²) in [4.78, 5) is 5.07. The quantitative estimate of drug-likeness (QED) is 0.782. The molecule has 0 amide bonds. The first-order chi connectivity index (χ1) is 7.74. The van der Waals surface area contributed by atoms with Gasteiger partial charge in [0.2, 0.25) is 0 Å². The Labute approximate surface area is 100.0 Å². The number of hydrogen-bond acceptors (Lipinski definition) is 3. The van der Waals surface area contributed by atoms with Crippen molar-refractivity contribution in [3.63, 3.8) is 0 Å². The summed E-state index contributed by atoms with van der Waals surface area (Å²) in [7, 11) is 2.24. The number of nitrogens with zero attached hydrogens (tertiary/aromatic N) is 2. The number of nitrogens with two attached hydrogens (primary N) is 1. The second kappa shape index (κ2) is 5.99. The summed E-state index contributed by atoms with van der Waals surface area (Å²) in [6.45, 7) is 6.37. The first-order valence-corrected chi connectivity index (χ1v) is 6.90. The molecule has 2 aliphatic rings. The Balaban J connectivity index is 1.60. The average molecular weight is 225 g/mol. The minimum absolute atomic E-state index is 0.472. The molecule has 0 saturated carbocycles. The van der Waals surface area contributed by atoms with Crippen LogP contribution in [-0.4, -0.2) is 55.6 Å². The van der Waals surface area contributed by atoms with Gasteiger partial charge < -0.3 is 15.5 Å². The van der Waals surface area contributed by atoms with E-state index in [2.05, 4.69) is 16.8 Å². The fourth-order valence-electron chi connectivity index (χ4n) is 2.89. The van der Waals surface area contributed by atoms with Crippen LogP contribution in [0.3, 0.4) is 0 Å². The highest BCUT2D eigenvalue weighted by Crippen LogP contribution is 2.20. The van der Waals surface area contributed by atoms with Crippen molar-refractivity contribution in [2.45, 2.75) is 38.1 Å². The molecule has 2 fully saturated rings. The zero-order valence-corrected chi connectivity index (χ0v) is 10.7. The molecule has 2 rings (SSSR count). The molecule has 3 heteroatoms. The Morgan fingerprint density at radius 2 is 1.62 bits per heavy atom. The van der Waals surface area contributed by atoms with Crippen LogP contribution in [0.25, 0.3) is 0 Å². The molecule has 0 bridgehead atoms. The molecule has 2 heterocycles. The summed E-state index contributed by atoms with van der Waals surface area (Å²) in [5.74, 6) is 0.979. The Morgan fingerprint density at radius 3 is 2.25 bits per heavy atom. The van der Waals surface area contributed by atoms with Gasteiger partial charge in [0.25, 0.3) is 0 Å². The van der Waals surface area contributed by atoms with E-state index in [1.165, 1.54) is 64.8 Å². The Kier molecular flexibility index (Phi) is 4.62. The molecule has 0 atom stereocenters. The SMILES string of the molecule is CN1CCC(CCN2CCC(N)CC2)CC1. The molecule has 0 aliphatic carbocycles. The summed E-state index contributed by atoms with van der Waals surface area (Å²) < 4.78 is 0. The Hall–Kier alpha value is -0.120. The lowest BCUT2D eigenvalue weighted by molar-refractivity contribution is 0.168. The van der Waals surface area contributed by atoms with Gasteiger partial charge >= 0.3 is 0 Å². The van der Waals surface area contributed by atoms with Crippen LogP contribution in [0.5, 0.6) is 0 Å². The maximum absolute atomic E-state index is 5.92. The van der Waals surface area contributed by atoms with Gasteiger partial charge in [-0.25, -0.2) is 0 Å². The van der Waals surface area contributed by atoms with Gasteiger partial charge in [0.15, 0.2) is 0 Å². The van der Waals surface area contributed by atoms with Gasteiger partial charge in [-0.05, 0) is 77.8 Å². The highest BCUT2D eigenvalue weighted by atomic mass is 15.1. The fourth-order valence-corrected chi connectivity index (χ4v) is 2.89. The highest BCUT2D eigenvalue weighted by molar-refractivity contribution is 4.76. The van der Waals surface area contributed by atoms with Gasteiger partial charge in [-0.2, -0.15) is 0 Å². The first kappa shape index (κ1) is 12.3. The molecule has 2 aliphatic heterocycles. The normalized spacial score (nSPS) is 27.4. The van der Waals surface area contributed by atoms with Crippen molar-refractivity contribution in [3.8, 4) is 0 Å². The average Bonchev–Trinajstić information content (AvgIpc) is 2.30. The van der Waals surface area contributed by atoms with E-state index < -0.39 is 0 Å². The van der Waals surface area contributed by atoms with Crippen molar-refractivity contribution in [1.29, 1.82) is 0 Å². The maximum atomic E-state index is 5.92. The molecule has 0 aromatic rings. The molecule has 94 valence electrons. The third-order valence-corrected chi connectivity index (χ3v) is 4.32. The van der Waals surface area contributed by atoms with E-state index in [-0.39, 0.29) is 0 Å². The number of likely N-dealkylation sites (tertiary alicyclic amines) is 2. The predicted molar refractivity (Wildman–Crippen MR) is 68.5 cm³/mol. The second-order valence-electron chi connectivity index (χ2n) is 5.71. The zero-order chi connectivity index (χ0) is 11.4. The zero-order valence-electron chi connectivity index (χ0n) is 10.7. The van der Waals surface area contributed by atoms with E-state index in [0.717, 1.165) is 5.92 Å². The fraction of sp³-hybridized carbons (Fsp3) is 1.00. The van der Waals surface area contributed by atoms with Crippen molar-refractivity contribution in [1.82, 2.24) is 9.80 Å². The molecule has 0 unspecified atom stereocenters. The van der Waals surface area contributed by atoms with Gasteiger partial charge in [-0.3, -0.25) is 0 Å². The van der Waals surface area contributed by atoms with E-state index in [0.29, 0.717) is 6.04 Å². The second-order valence-corrected chi connectivity index (χ2v) is 5.71. The van der Waals surface area contributed by atoms with E-state index in [9.17, 15) is 0 Å². The standard InChI is InChI=1S/C13H27N3/c1-15-7-2-12(3-8-15)4-9-16-10-5-13(14)6-11-16/h12-13H,2-11,14H2,1H3. The van der Waals surface area contributed by atoms with Crippen molar-refractivity contribution in [2.75, 3.05) is 39.8 Å². The van der Waals surface area contributed by atoms with Gasteiger partial charge in [0.05, 0.1) is 0 Å². The lowest BCUT2D eigenvalue weighted by atomic mass is 9.93. The maximum Gasteiger partial charge on any atom is 0.00631 e. The number of hydrogen-bond donors (Lipinski definition) is 1. The van der Waals surface area contributed by atoms with Crippen LogP contribution in [0.15, 0.2) is 0 Å². The van der Waals surface area contributed by atoms with E-state index in [4.69, 9.17) is 5.73 Å². The van der Waals surface area contributed by atoms with Crippen LogP contribution in [0.2, 0.25) is 0 Å². The summed E-state index contributed by atoms with van der Waals surface area (Å²) in [5.41, 5.74) is 5.92. The summed E-state index contributed by atoms with van der Waals surface area (Å²) >= 11 is 0. The molecule has 0 aromatic carbocycles. The van der Waals surface area contributed by atoms with Gasteiger partial charge in [-0.1, -0.05) is 0 Å². The largest absolute Gasteiger partial charge is 0.328 e. The van der Waals surface area contributed by atoms with Gasteiger partial charge in [0.1, 0.15) is 0 Å². The third kappa shape index (κ3) is 3.72. The van der Waals surface area contributed by atoms with Gasteiger partial charge in [-0.15, -0.1) is 0 Å². The third-order valence-electron chi connectivity index (χ3n) is 4.32. The van der Waals surface area contributed by atoms with E-state index in [1.807, 2.05) is 0 Å². The van der Waals surface area contributed by atoms with Crippen molar-refractivity contribution in [2.24, 2.45) is 11.7 Å². The molecular formula is C13H27N3. The van der Waals surface area contributed by atoms with E-state index >= 15 is 0 Å². The van der Waals surface area contributed by atoms with E-state index in [1.54, 1.807) is 0 Å². The smallest absolute Gasteiger partial charge is 0.00631 e. The minimum atomic E-state index is 0.472. The van der Waals surface area contributed by atoms with Crippen molar-refractivity contribution < 1.29 is 0 Å². The van der Waals surface area contributed by atoms with Crippen molar-refractivity contribution >= 4 is 0 Å². The van der Waals surface area contributed by atoms with Crippen LogP contribution in [0, 0.1) is 5.92 Å².